The van der Waals surface area contributed by atoms with Crippen molar-refractivity contribution in [1.29, 1.82) is 0 Å². The van der Waals surface area contributed by atoms with Crippen molar-refractivity contribution in [3.8, 4) is 0 Å². The van der Waals surface area contributed by atoms with Crippen LogP contribution < -0.4 is 0 Å². The average molecular weight is 226 g/mol. The molecule has 0 radical (unpaired) electrons. The maximum atomic E-state index is 11.9. The Kier molecular flexibility index (Phi) is 3.63. The molecule has 1 aromatic carbocycles. The molecule has 4 heteroatoms. The van der Waals surface area contributed by atoms with Crippen molar-refractivity contribution in [1.82, 2.24) is 0 Å². The maximum absolute atomic E-state index is 11.9. The first-order valence-corrected chi connectivity index (χ1v) is 6.33. The summed E-state index contributed by atoms with van der Waals surface area (Å²) in [6.07, 6.45) is 0.800. The quantitative estimate of drug-likeness (QED) is 0.735. The second-order valence-corrected chi connectivity index (χ2v) is 5.61. The molecule has 0 aliphatic rings. The van der Waals surface area contributed by atoms with Crippen LogP contribution in [0.1, 0.15) is 18.9 Å². The summed E-state index contributed by atoms with van der Waals surface area (Å²) in [4.78, 5) is 10.9. The van der Waals surface area contributed by atoms with Crippen LogP contribution in [0.5, 0.6) is 0 Å². The summed E-state index contributed by atoms with van der Waals surface area (Å²) in [7, 11) is -3.49. The number of hydrogen-bond donors (Lipinski definition) is 0. The van der Waals surface area contributed by atoms with E-state index in [0.29, 0.717) is 12.7 Å². The molecule has 1 unspecified atom stereocenters. The highest BCUT2D eigenvalue weighted by molar-refractivity contribution is 7.92. The first-order chi connectivity index (χ1) is 7.02. The van der Waals surface area contributed by atoms with Gasteiger partial charge in [0.1, 0.15) is 11.5 Å². The van der Waals surface area contributed by atoms with Crippen LogP contribution in [0.25, 0.3) is 0 Å². The predicted octanol–water partition coefficient (Wildman–Crippen LogP) is 1.75. The van der Waals surface area contributed by atoms with Gasteiger partial charge in [-0.2, -0.15) is 0 Å². The molecule has 0 aliphatic carbocycles. The van der Waals surface area contributed by atoms with Gasteiger partial charge in [-0.1, -0.05) is 24.6 Å². The summed E-state index contributed by atoms with van der Waals surface area (Å²) in [5, 5.41) is -0.930. The van der Waals surface area contributed by atoms with Crippen molar-refractivity contribution in [2.45, 2.75) is 30.4 Å². The van der Waals surface area contributed by atoms with Gasteiger partial charge in [0.25, 0.3) is 0 Å². The van der Waals surface area contributed by atoms with Crippen molar-refractivity contribution in [2.75, 3.05) is 0 Å². The van der Waals surface area contributed by atoms with Gasteiger partial charge in [-0.15, -0.1) is 0 Å². The van der Waals surface area contributed by atoms with E-state index in [9.17, 15) is 13.2 Å². The van der Waals surface area contributed by atoms with Crippen LogP contribution in [-0.2, 0) is 14.6 Å². The summed E-state index contributed by atoms with van der Waals surface area (Å²) >= 11 is 0. The third-order valence-corrected chi connectivity index (χ3v) is 4.47. The van der Waals surface area contributed by atoms with Crippen LogP contribution in [0.3, 0.4) is 0 Å². The lowest BCUT2D eigenvalue weighted by atomic mass is 10.2. The molecule has 3 nitrogen and oxygen atoms in total. The van der Waals surface area contributed by atoms with Crippen LogP contribution in [0, 0.1) is 6.92 Å². The van der Waals surface area contributed by atoms with Gasteiger partial charge in [-0.25, -0.2) is 8.42 Å². The topological polar surface area (TPSA) is 51.2 Å². The minimum atomic E-state index is -3.49. The van der Waals surface area contributed by atoms with Gasteiger partial charge in [0.2, 0.25) is 0 Å². The van der Waals surface area contributed by atoms with Crippen molar-refractivity contribution in [2.24, 2.45) is 0 Å². The molecule has 0 saturated heterocycles. The first kappa shape index (κ1) is 11.9. The smallest absolute Gasteiger partial charge is 0.188 e. The van der Waals surface area contributed by atoms with Crippen LogP contribution in [0.2, 0.25) is 0 Å². The van der Waals surface area contributed by atoms with Gasteiger partial charge < -0.3 is 4.79 Å². The zero-order chi connectivity index (χ0) is 11.5. The molecular weight excluding hydrogens is 212 g/mol. The van der Waals surface area contributed by atoms with E-state index < -0.39 is 15.1 Å². The highest BCUT2D eigenvalue weighted by atomic mass is 32.2. The zero-order valence-corrected chi connectivity index (χ0v) is 9.62. The number of hydrogen-bond acceptors (Lipinski definition) is 3. The number of aldehydes is 1. The van der Waals surface area contributed by atoms with Gasteiger partial charge in [0.05, 0.1) is 4.90 Å². The molecule has 0 saturated carbocycles. The predicted molar refractivity (Wildman–Crippen MR) is 58.5 cm³/mol. The first-order valence-electron chi connectivity index (χ1n) is 4.78. The van der Waals surface area contributed by atoms with E-state index in [-0.39, 0.29) is 4.90 Å². The maximum Gasteiger partial charge on any atom is 0.188 e. The second kappa shape index (κ2) is 4.57. The largest absolute Gasteiger partial charge is 0.302 e. The minimum absolute atomic E-state index is 0.215. The van der Waals surface area contributed by atoms with E-state index in [1.54, 1.807) is 19.1 Å². The molecule has 1 atom stereocenters. The number of carbonyl (C=O) groups is 1. The van der Waals surface area contributed by atoms with Crippen molar-refractivity contribution >= 4 is 16.1 Å². The number of aryl methyl sites for hydroxylation is 1. The third kappa shape index (κ3) is 2.45. The van der Waals surface area contributed by atoms with Crippen LogP contribution in [-0.4, -0.2) is 20.0 Å². The summed E-state index contributed by atoms with van der Waals surface area (Å²) in [5.74, 6) is 0. The fraction of sp³-hybridized carbons (Fsp3) is 0.364. The SMILES string of the molecule is CCC(C=O)S(=O)(=O)c1ccc(C)cc1. The Balaban J connectivity index is 3.16. The molecule has 0 bridgehead atoms. The van der Waals surface area contributed by atoms with Crippen molar-refractivity contribution < 1.29 is 13.2 Å². The number of sulfone groups is 1. The Bertz CT molecular complexity index is 431. The zero-order valence-electron chi connectivity index (χ0n) is 8.80. The van der Waals surface area contributed by atoms with Gasteiger partial charge in [-0.3, -0.25) is 0 Å². The van der Waals surface area contributed by atoms with Gasteiger partial charge in [-0.05, 0) is 25.5 Å². The van der Waals surface area contributed by atoms with Gasteiger partial charge in [0.15, 0.2) is 9.84 Å². The van der Waals surface area contributed by atoms with Gasteiger partial charge in [0, 0.05) is 0 Å². The van der Waals surface area contributed by atoms with Crippen molar-refractivity contribution in [3.05, 3.63) is 29.8 Å². The molecule has 0 aromatic heterocycles. The molecule has 1 rings (SSSR count). The summed E-state index contributed by atoms with van der Waals surface area (Å²) in [5.41, 5.74) is 0.994. The Morgan fingerprint density at radius 1 is 1.27 bits per heavy atom. The molecular formula is C11H14O3S. The van der Waals surface area contributed by atoms with E-state index in [1.807, 2.05) is 6.92 Å². The average Bonchev–Trinajstić information content (AvgIpc) is 2.19. The molecule has 0 aliphatic heterocycles. The molecule has 0 amide bonds. The highest BCUT2D eigenvalue weighted by Gasteiger charge is 2.24. The minimum Gasteiger partial charge on any atom is -0.302 e. The molecule has 0 N–H and O–H groups in total. The lowest BCUT2D eigenvalue weighted by molar-refractivity contribution is -0.107. The number of carbonyl (C=O) groups excluding carboxylic acids is 1. The Labute approximate surface area is 90.0 Å². The molecule has 1 aromatic rings. The van der Waals surface area contributed by atoms with E-state index in [1.165, 1.54) is 12.1 Å². The number of benzene rings is 1. The monoisotopic (exact) mass is 226 g/mol. The van der Waals surface area contributed by atoms with Crippen LogP contribution in [0.15, 0.2) is 29.2 Å². The Morgan fingerprint density at radius 2 is 1.80 bits per heavy atom. The van der Waals surface area contributed by atoms with E-state index in [2.05, 4.69) is 0 Å². The van der Waals surface area contributed by atoms with Crippen LogP contribution >= 0.6 is 0 Å². The molecule has 0 fully saturated rings. The molecule has 0 heterocycles. The van der Waals surface area contributed by atoms with E-state index in [4.69, 9.17) is 0 Å². The second-order valence-electron chi connectivity index (χ2n) is 3.44. The lowest BCUT2D eigenvalue weighted by Crippen LogP contribution is -2.21. The summed E-state index contributed by atoms with van der Waals surface area (Å²) in [6.45, 7) is 3.57. The molecule has 82 valence electrons. The Hall–Kier alpha value is -1.16. The fourth-order valence-electron chi connectivity index (χ4n) is 1.29. The normalized spacial score (nSPS) is 13.5. The van der Waals surface area contributed by atoms with Gasteiger partial charge >= 0.3 is 0 Å². The third-order valence-electron chi connectivity index (χ3n) is 2.30. The molecule has 0 spiro atoms. The fourth-order valence-corrected chi connectivity index (χ4v) is 2.74. The van der Waals surface area contributed by atoms with E-state index >= 15 is 0 Å². The van der Waals surface area contributed by atoms with E-state index in [0.717, 1.165) is 5.56 Å². The summed E-state index contributed by atoms with van der Waals surface area (Å²) in [6, 6.07) is 6.53. The summed E-state index contributed by atoms with van der Waals surface area (Å²) < 4.78 is 23.7. The standard InChI is InChI=1S/C11H14O3S/c1-3-10(8-12)15(13,14)11-6-4-9(2)5-7-11/h4-8,10H,3H2,1-2H3. The van der Waals surface area contributed by atoms with Crippen molar-refractivity contribution in [3.63, 3.8) is 0 Å². The lowest BCUT2D eigenvalue weighted by Gasteiger charge is -2.09. The van der Waals surface area contributed by atoms with Crippen LogP contribution in [0.4, 0.5) is 0 Å². The Morgan fingerprint density at radius 3 is 2.20 bits per heavy atom. The number of rotatable bonds is 4. The molecule has 15 heavy (non-hydrogen) atoms. The highest BCUT2D eigenvalue weighted by Crippen LogP contribution is 2.17.